The molecule has 0 amide bonds. The minimum atomic E-state index is -0.391. The van der Waals surface area contributed by atoms with Gasteiger partial charge in [0, 0.05) is 19.3 Å². The van der Waals surface area contributed by atoms with E-state index in [9.17, 15) is 19.8 Å². The number of hydrogen-bond acceptors (Lipinski definition) is 5. The molecule has 4 aliphatic rings. The van der Waals surface area contributed by atoms with Crippen molar-refractivity contribution in [2.75, 3.05) is 7.11 Å². The van der Waals surface area contributed by atoms with Crippen molar-refractivity contribution in [1.29, 1.82) is 0 Å². The average Bonchev–Trinajstić information content (AvgIpc) is 3.06. The molecule has 0 aliphatic heterocycles. The third kappa shape index (κ3) is 3.26. The molecule has 0 bridgehead atoms. The lowest BCUT2D eigenvalue weighted by Gasteiger charge is -2.63. The number of Topliss-reactive ketones (excluding diaryl/α,β-unsaturated/α-hetero) is 1. The summed E-state index contributed by atoms with van der Waals surface area (Å²) in [7, 11) is 1.43. The van der Waals surface area contributed by atoms with Crippen LogP contribution >= 0.6 is 0 Å². The van der Waals surface area contributed by atoms with Crippen LogP contribution in [-0.4, -0.2) is 41.3 Å². The molecule has 4 fully saturated rings. The fourth-order valence-corrected chi connectivity index (χ4v) is 8.59. The average molecular weight is 421 g/mol. The molecule has 0 aromatic rings. The zero-order valence-corrected chi connectivity index (χ0v) is 19.1. The van der Waals surface area contributed by atoms with Gasteiger partial charge in [0.25, 0.3) is 0 Å². The summed E-state index contributed by atoms with van der Waals surface area (Å²) in [5, 5.41) is 22.8. The Labute approximate surface area is 180 Å². The van der Waals surface area contributed by atoms with E-state index in [1.165, 1.54) is 7.11 Å². The van der Waals surface area contributed by atoms with E-state index in [2.05, 4.69) is 20.8 Å². The predicted molar refractivity (Wildman–Crippen MR) is 113 cm³/mol. The zero-order valence-electron chi connectivity index (χ0n) is 19.1. The van der Waals surface area contributed by atoms with Crippen molar-refractivity contribution in [2.24, 2.45) is 46.3 Å². The molecule has 7 unspecified atom stereocenters. The summed E-state index contributed by atoms with van der Waals surface area (Å²) in [5.74, 6) is 1.92. The highest BCUT2D eigenvalue weighted by Crippen LogP contribution is 2.68. The number of methoxy groups -OCH3 is 1. The van der Waals surface area contributed by atoms with Crippen LogP contribution < -0.4 is 0 Å². The molecule has 0 radical (unpaired) electrons. The van der Waals surface area contributed by atoms with Gasteiger partial charge in [0.05, 0.1) is 19.3 Å². The van der Waals surface area contributed by atoms with Gasteiger partial charge < -0.3 is 14.9 Å². The summed E-state index contributed by atoms with van der Waals surface area (Å²) >= 11 is 0. The molecule has 0 aromatic carbocycles. The molecule has 170 valence electrons. The van der Waals surface area contributed by atoms with Gasteiger partial charge in [-0.1, -0.05) is 20.8 Å². The molecule has 5 nitrogen and oxygen atoms in total. The van der Waals surface area contributed by atoms with E-state index >= 15 is 0 Å². The number of fused-ring (bicyclic) bond motifs is 5. The van der Waals surface area contributed by atoms with E-state index in [-0.39, 0.29) is 40.7 Å². The van der Waals surface area contributed by atoms with Crippen LogP contribution in [-0.2, 0) is 14.3 Å². The van der Waals surface area contributed by atoms with Crippen molar-refractivity contribution < 1.29 is 24.5 Å². The van der Waals surface area contributed by atoms with Crippen LogP contribution in [0.1, 0.15) is 78.6 Å². The Bertz CT molecular complexity index is 691. The van der Waals surface area contributed by atoms with E-state index in [0.29, 0.717) is 42.8 Å². The molecular formula is C25H40O5. The highest BCUT2D eigenvalue weighted by molar-refractivity contribution is 5.79. The van der Waals surface area contributed by atoms with Gasteiger partial charge in [-0.05, 0) is 84.9 Å². The van der Waals surface area contributed by atoms with Gasteiger partial charge in [0.2, 0.25) is 0 Å². The van der Waals surface area contributed by atoms with Gasteiger partial charge in [-0.3, -0.25) is 9.59 Å². The van der Waals surface area contributed by atoms with Crippen LogP contribution in [0.25, 0.3) is 0 Å². The van der Waals surface area contributed by atoms with Crippen LogP contribution in [0.2, 0.25) is 0 Å². The molecule has 4 aliphatic carbocycles. The Balaban J connectivity index is 1.58. The van der Waals surface area contributed by atoms with Crippen molar-refractivity contribution in [1.82, 2.24) is 0 Å². The second-order valence-corrected chi connectivity index (χ2v) is 11.4. The van der Waals surface area contributed by atoms with E-state index in [1.807, 2.05) is 0 Å². The topological polar surface area (TPSA) is 83.8 Å². The van der Waals surface area contributed by atoms with Crippen molar-refractivity contribution in [2.45, 2.75) is 90.8 Å². The first-order valence-electron chi connectivity index (χ1n) is 12.1. The Morgan fingerprint density at radius 2 is 1.93 bits per heavy atom. The van der Waals surface area contributed by atoms with Crippen molar-refractivity contribution >= 4 is 11.8 Å². The van der Waals surface area contributed by atoms with E-state index in [1.54, 1.807) is 0 Å². The van der Waals surface area contributed by atoms with E-state index in [4.69, 9.17) is 4.74 Å². The number of rotatable bonds is 4. The quantitative estimate of drug-likeness (QED) is 0.677. The van der Waals surface area contributed by atoms with E-state index < -0.39 is 6.10 Å². The lowest BCUT2D eigenvalue weighted by molar-refractivity contribution is -0.201. The normalized spacial score (nSPS) is 49.0. The Morgan fingerprint density at radius 3 is 2.63 bits per heavy atom. The molecule has 0 aromatic heterocycles. The van der Waals surface area contributed by atoms with Crippen LogP contribution in [0.15, 0.2) is 0 Å². The second-order valence-electron chi connectivity index (χ2n) is 11.4. The van der Waals surface area contributed by atoms with Crippen LogP contribution in [0.3, 0.4) is 0 Å². The Morgan fingerprint density at radius 1 is 1.20 bits per heavy atom. The SMILES string of the molecule is COC(=O)CCC(C)C1CCC2C3C(C[C@H](O)C12C)C1(C)CCC(=O)C[C@H]1C[C@H]3O. The number of aliphatic hydroxyl groups excluding tert-OH is 2. The van der Waals surface area contributed by atoms with Crippen LogP contribution in [0, 0.1) is 46.3 Å². The number of aliphatic hydroxyl groups is 2. The minimum absolute atomic E-state index is 0.0503. The number of hydrogen-bond donors (Lipinski definition) is 2. The lowest BCUT2D eigenvalue weighted by atomic mass is 9.43. The molecule has 10 atom stereocenters. The first-order chi connectivity index (χ1) is 14.1. The maximum absolute atomic E-state index is 12.1. The van der Waals surface area contributed by atoms with Crippen molar-refractivity contribution in [3.05, 3.63) is 0 Å². The van der Waals surface area contributed by atoms with Crippen LogP contribution in [0.5, 0.6) is 0 Å². The largest absolute Gasteiger partial charge is 0.469 e. The van der Waals surface area contributed by atoms with Gasteiger partial charge in [-0.2, -0.15) is 0 Å². The Hall–Kier alpha value is -0.940. The monoisotopic (exact) mass is 420 g/mol. The summed E-state index contributed by atoms with van der Waals surface area (Å²) in [6, 6.07) is 0. The molecule has 5 heteroatoms. The summed E-state index contributed by atoms with van der Waals surface area (Å²) in [5.41, 5.74) is -0.167. The number of esters is 1. The first-order valence-corrected chi connectivity index (χ1v) is 12.1. The summed E-state index contributed by atoms with van der Waals surface area (Å²) in [6.07, 6.45) is 6.15. The van der Waals surface area contributed by atoms with Crippen LogP contribution in [0.4, 0.5) is 0 Å². The second kappa shape index (κ2) is 7.88. The molecule has 0 spiro atoms. The summed E-state index contributed by atoms with van der Waals surface area (Å²) in [6.45, 7) is 6.78. The molecule has 30 heavy (non-hydrogen) atoms. The molecule has 2 N–H and O–H groups in total. The summed E-state index contributed by atoms with van der Waals surface area (Å²) in [4.78, 5) is 23.8. The fraction of sp³-hybridized carbons (Fsp3) is 0.920. The zero-order chi connectivity index (χ0) is 21.8. The molecule has 4 saturated carbocycles. The van der Waals surface area contributed by atoms with Crippen molar-refractivity contribution in [3.63, 3.8) is 0 Å². The highest BCUT2D eigenvalue weighted by Gasteiger charge is 2.65. The third-order valence-electron chi connectivity index (χ3n) is 10.4. The standard InChI is InChI=1S/C25H40O5/c1-14(5-8-22(29)30-4)17-6-7-18-23-19(13-21(28)25(17,18)3)24(2)10-9-16(26)11-15(24)12-20(23)27/h14-15,17-21,23,27-28H,5-13H2,1-4H3/t14?,15-,17?,18?,19?,20+,21-,23?,24?,25?/m0/s1. The van der Waals surface area contributed by atoms with Gasteiger partial charge in [-0.25, -0.2) is 0 Å². The highest BCUT2D eigenvalue weighted by atomic mass is 16.5. The number of carbonyl (C=O) groups excluding carboxylic acids is 2. The maximum atomic E-state index is 12.1. The number of ketones is 1. The maximum Gasteiger partial charge on any atom is 0.305 e. The van der Waals surface area contributed by atoms with Gasteiger partial charge in [0.15, 0.2) is 0 Å². The fourth-order valence-electron chi connectivity index (χ4n) is 8.59. The Kier molecular flexibility index (Phi) is 5.85. The molecular weight excluding hydrogens is 380 g/mol. The predicted octanol–water partition coefficient (Wildman–Crippen LogP) is 3.75. The number of ether oxygens (including phenoxy) is 1. The molecule has 4 rings (SSSR count). The number of carbonyl (C=O) groups is 2. The van der Waals surface area contributed by atoms with Gasteiger partial charge in [-0.15, -0.1) is 0 Å². The molecule has 0 saturated heterocycles. The third-order valence-corrected chi connectivity index (χ3v) is 10.4. The van der Waals surface area contributed by atoms with Gasteiger partial charge >= 0.3 is 5.97 Å². The smallest absolute Gasteiger partial charge is 0.305 e. The minimum Gasteiger partial charge on any atom is -0.469 e. The van der Waals surface area contributed by atoms with E-state index in [0.717, 1.165) is 38.5 Å². The lowest BCUT2D eigenvalue weighted by Crippen LogP contribution is -2.62. The van der Waals surface area contributed by atoms with Gasteiger partial charge in [0.1, 0.15) is 5.78 Å². The first kappa shape index (κ1) is 22.3. The molecule has 0 heterocycles. The summed E-state index contributed by atoms with van der Waals surface area (Å²) < 4.78 is 4.82. The van der Waals surface area contributed by atoms with Crippen molar-refractivity contribution in [3.8, 4) is 0 Å².